The summed E-state index contributed by atoms with van der Waals surface area (Å²) in [7, 11) is -3.78. The third-order valence-corrected chi connectivity index (χ3v) is 5.64. The summed E-state index contributed by atoms with van der Waals surface area (Å²) in [6.45, 7) is 4.17. The van der Waals surface area contributed by atoms with Crippen LogP contribution in [0.4, 0.5) is 11.4 Å². The van der Waals surface area contributed by atoms with E-state index in [-0.39, 0.29) is 10.6 Å². The predicted octanol–water partition coefficient (Wildman–Crippen LogP) is 4.15. The number of hydrogen-bond acceptors (Lipinski definition) is 5. The second kappa shape index (κ2) is 8.87. The molecule has 3 aromatic carbocycles. The van der Waals surface area contributed by atoms with Crippen LogP contribution in [0.15, 0.2) is 71.6 Å². The minimum absolute atomic E-state index is 0.0249. The van der Waals surface area contributed by atoms with Gasteiger partial charge in [0.2, 0.25) is 0 Å². The summed E-state index contributed by atoms with van der Waals surface area (Å²) in [4.78, 5) is 12.5. The molecule has 30 heavy (non-hydrogen) atoms. The molecule has 0 aliphatic carbocycles. The Labute approximate surface area is 175 Å². The monoisotopic (exact) mass is 426 g/mol. The van der Waals surface area contributed by atoms with Crippen molar-refractivity contribution in [1.82, 2.24) is 0 Å². The standard InChI is InChI=1S/C22H22N2O5S/c1-3-29-18-9-11-19(12-10-18)30(27,28)24-17-7-5-16(6-8-17)22(26)23-20-13-4-15(2)14-21(20)25/h4-14,24-25H,3H2,1-2H3,(H,23,26). The molecule has 0 aliphatic heterocycles. The SMILES string of the molecule is CCOc1ccc(S(=O)(=O)Nc2ccc(C(=O)Nc3ccc(C)cc3O)cc2)cc1. The van der Waals surface area contributed by atoms with Gasteiger partial charge in [-0.2, -0.15) is 0 Å². The Morgan fingerprint density at radius 1 is 1.00 bits per heavy atom. The summed E-state index contributed by atoms with van der Waals surface area (Å²) < 4.78 is 32.9. The van der Waals surface area contributed by atoms with Crippen LogP contribution in [0.3, 0.4) is 0 Å². The largest absolute Gasteiger partial charge is 0.506 e. The number of phenolic OH excluding ortho intramolecular Hbond substituents is 1. The van der Waals surface area contributed by atoms with Crippen LogP contribution in [0.2, 0.25) is 0 Å². The molecular formula is C22H22N2O5S. The fraction of sp³-hybridized carbons (Fsp3) is 0.136. The van der Waals surface area contributed by atoms with Crippen LogP contribution in [0.1, 0.15) is 22.8 Å². The summed E-state index contributed by atoms with van der Waals surface area (Å²) in [6, 6.07) is 17.0. The van der Waals surface area contributed by atoms with Gasteiger partial charge in [-0.15, -0.1) is 0 Å². The lowest BCUT2D eigenvalue weighted by Crippen LogP contribution is -2.14. The van der Waals surface area contributed by atoms with E-state index in [1.165, 1.54) is 36.4 Å². The molecule has 0 saturated carbocycles. The molecule has 0 saturated heterocycles. The van der Waals surface area contributed by atoms with Gasteiger partial charge >= 0.3 is 0 Å². The molecule has 3 N–H and O–H groups in total. The maximum absolute atomic E-state index is 12.5. The van der Waals surface area contributed by atoms with Crippen LogP contribution in [0.25, 0.3) is 0 Å². The van der Waals surface area contributed by atoms with Crippen LogP contribution in [-0.4, -0.2) is 26.0 Å². The molecule has 3 aromatic rings. The third kappa shape index (κ3) is 5.09. The van der Waals surface area contributed by atoms with Crippen molar-refractivity contribution < 1.29 is 23.1 Å². The highest BCUT2D eigenvalue weighted by atomic mass is 32.2. The van der Waals surface area contributed by atoms with Gasteiger partial charge in [0.05, 0.1) is 17.2 Å². The van der Waals surface area contributed by atoms with Crippen LogP contribution < -0.4 is 14.8 Å². The summed E-state index contributed by atoms with van der Waals surface area (Å²) >= 11 is 0. The Morgan fingerprint density at radius 3 is 2.27 bits per heavy atom. The van der Waals surface area contributed by atoms with Gasteiger partial charge in [0.1, 0.15) is 11.5 Å². The van der Waals surface area contributed by atoms with E-state index in [0.29, 0.717) is 29.3 Å². The minimum atomic E-state index is -3.78. The smallest absolute Gasteiger partial charge is 0.261 e. The number of anilines is 2. The van der Waals surface area contributed by atoms with Crippen molar-refractivity contribution in [1.29, 1.82) is 0 Å². The van der Waals surface area contributed by atoms with E-state index in [1.807, 2.05) is 13.8 Å². The maximum Gasteiger partial charge on any atom is 0.261 e. The summed E-state index contributed by atoms with van der Waals surface area (Å²) in [5.74, 6) is 0.143. The number of carbonyl (C=O) groups is 1. The molecule has 0 fully saturated rings. The number of aromatic hydroxyl groups is 1. The van der Waals surface area contributed by atoms with Gasteiger partial charge in [0.25, 0.3) is 15.9 Å². The number of benzene rings is 3. The zero-order valence-corrected chi connectivity index (χ0v) is 17.4. The van der Waals surface area contributed by atoms with Gasteiger partial charge < -0.3 is 15.2 Å². The molecular weight excluding hydrogens is 404 g/mol. The Kier molecular flexibility index (Phi) is 6.27. The Morgan fingerprint density at radius 2 is 1.67 bits per heavy atom. The van der Waals surface area contributed by atoms with E-state index in [4.69, 9.17) is 4.74 Å². The molecule has 1 amide bonds. The highest BCUT2D eigenvalue weighted by Crippen LogP contribution is 2.25. The molecule has 156 valence electrons. The average molecular weight is 426 g/mol. The summed E-state index contributed by atoms with van der Waals surface area (Å²) in [5, 5.41) is 12.5. The van der Waals surface area contributed by atoms with Crippen molar-refractivity contribution in [3.05, 3.63) is 77.9 Å². The molecule has 0 aromatic heterocycles. The number of aryl methyl sites for hydroxylation is 1. The van der Waals surface area contributed by atoms with Crippen molar-refractivity contribution in [3.63, 3.8) is 0 Å². The van der Waals surface area contributed by atoms with E-state index < -0.39 is 15.9 Å². The highest BCUT2D eigenvalue weighted by molar-refractivity contribution is 7.92. The van der Waals surface area contributed by atoms with E-state index in [9.17, 15) is 18.3 Å². The number of rotatable bonds is 7. The average Bonchev–Trinajstić information content (AvgIpc) is 2.71. The number of phenols is 1. The third-order valence-electron chi connectivity index (χ3n) is 4.25. The van der Waals surface area contributed by atoms with Crippen molar-refractivity contribution in [2.75, 3.05) is 16.6 Å². The lowest BCUT2D eigenvalue weighted by molar-refractivity contribution is 0.102. The van der Waals surface area contributed by atoms with Crippen LogP contribution in [0, 0.1) is 6.92 Å². The molecule has 3 rings (SSSR count). The molecule has 0 atom stereocenters. The fourth-order valence-electron chi connectivity index (χ4n) is 2.73. The topological polar surface area (TPSA) is 105 Å². The maximum atomic E-state index is 12.5. The number of ether oxygens (including phenoxy) is 1. The first kappa shape index (κ1) is 21.2. The zero-order chi connectivity index (χ0) is 21.7. The Hall–Kier alpha value is -3.52. The Bertz CT molecular complexity index is 1140. The second-order valence-corrected chi connectivity index (χ2v) is 8.24. The van der Waals surface area contributed by atoms with Gasteiger partial charge in [-0.1, -0.05) is 6.07 Å². The molecule has 0 radical (unpaired) electrons. The fourth-order valence-corrected chi connectivity index (χ4v) is 3.79. The van der Waals surface area contributed by atoms with E-state index >= 15 is 0 Å². The minimum Gasteiger partial charge on any atom is -0.506 e. The molecule has 0 spiro atoms. The highest BCUT2D eigenvalue weighted by Gasteiger charge is 2.15. The van der Waals surface area contributed by atoms with Gasteiger partial charge in [-0.05, 0) is 80.1 Å². The van der Waals surface area contributed by atoms with Crippen molar-refractivity contribution in [2.45, 2.75) is 18.7 Å². The number of amides is 1. The van der Waals surface area contributed by atoms with E-state index in [2.05, 4.69) is 10.0 Å². The number of hydrogen-bond donors (Lipinski definition) is 3. The van der Waals surface area contributed by atoms with Gasteiger partial charge in [0, 0.05) is 11.3 Å². The molecule has 0 unspecified atom stereocenters. The predicted molar refractivity (Wildman–Crippen MR) is 116 cm³/mol. The summed E-state index contributed by atoms with van der Waals surface area (Å²) in [5.41, 5.74) is 1.80. The van der Waals surface area contributed by atoms with E-state index in [0.717, 1.165) is 5.56 Å². The first-order chi connectivity index (χ1) is 14.3. The number of carbonyl (C=O) groups excluding carboxylic acids is 1. The normalized spacial score (nSPS) is 11.0. The Balaban J connectivity index is 1.69. The van der Waals surface area contributed by atoms with Gasteiger partial charge in [-0.3, -0.25) is 9.52 Å². The van der Waals surface area contributed by atoms with E-state index in [1.54, 1.807) is 30.3 Å². The first-order valence-electron chi connectivity index (χ1n) is 9.25. The van der Waals surface area contributed by atoms with Gasteiger partial charge in [-0.25, -0.2) is 8.42 Å². The van der Waals surface area contributed by atoms with Crippen molar-refractivity contribution in [3.8, 4) is 11.5 Å². The summed E-state index contributed by atoms with van der Waals surface area (Å²) in [6.07, 6.45) is 0. The molecule has 0 heterocycles. The quantitative estimate of drug-likeness (QED) is 0.492. The number of nitrogens with one attached hydrogen (secondary N) is 2. The van der Waals surface area contributed by atoms with Crippen LogP contribution in [0.5, 0.6) is 11.5 Å². The van der Waals surface area contributed by atoms with Crippen molar-refractivity contribution in [2.24, 2.45) is 0 Å². The van der Waals surface area contributed by atoms with Gasteiger partial charge in [0.15, 0.2) is 0 Å². The zero-order valence-electron chi connectivity index (χ0n) is 16.5. The van der Waals surface area contributed by atoms with Crippen LogP contribution >= 0.6 is 0 Å². The lowest BCUT2D eigenvalue weighted by atomic mass is 10.1. The van der Waals surface area contributed by atoms with Crippen molar-refractivity contribution >= 4 is 27.3 Å². The molecule has 8 heteroatoms. The van der Waals surface area contributed by atoms with Crippen LogP contribution in [-0.2, 0) is 10.0 Å². The lowest BCUT2D eigenvalue weighted by Gasteiger charge is -2.11. The molecule has 7 nitrogen and oxygen atoms in total. The molecule has 0 aliphatic rings. The second-order valence-electron chi connectivity index (χ2n) is 6.56. The molecule has 0 bridgehead atoms. The number of sulfonamides is 1. The first-order valence-corrected chi connectivity index (χ1v) is 10.7.